The van der Waals surface area contributed by atoms with Crippen LogP contribution in [0.4, 0.5) is 0 Å². The van der Waals surface area contributed by atoms with E-state index in [1.165, 1.54) is 64.2 Å². The molecule has 0 unspecified atom stereocenters. The van der Waals surface area contributed by atoms with E-state index >= 15 is 0 Å². The van der Waals surface area contributed by atoms with Gasteiger partial charge in [-0.15, -0.1) is 0 Å². The van der Waals surface area contributed by atoms with Gasteiger partial charge in [-0.3, -0.25) is 4.79 Å². The highest BCUT2D eigenvalue weighted by Crippen LogP contribution is 2.22. The van der Waals surface area contributed by atoms with Crippen LogP contribution in [0.2, 0.25) is 0 Å². The summed E-state index contributed by atoms with van der Waals surface area (Å²) in [7, 11) is 0. The molecule has 0 rings (SSSR count). The molecule has 0 aliphatic rings. The summed E-state index contributed by atoms with van der Waals surface area (Å²) in [6.07, 6.45) is 19.7. The molecule has 0 heterocycles. The molecular weight excluding hydrogens is 272 g/mol. The van der Waals surface area contributed by atoms with E-state index in [-0.39, 0.29) is 0 Å². The first-order chi connectivity index (χ1) is 10.4. The predicted molar refractivity (Wildman–Crippen MR) is 96.3 cm³/mol. The zero-order valence-electron chi connectivity index (χ0n) is 15.2. The second-order valence-electron chi connectivity index (χ2n) is 7.69. The molecule has 2 heteroatoms. The van der Waals surface area contributed by atoms with Crippen molar-refractivity contribution in [2.75, 3.05) is 0 Å². The smallest absolute Gasteiger partial charge is 0.303 e. The molecule has 0 aliphatic carbocycles. The van der Waals surface area contributed by atoms with Gasteiger partial charge < -0.3 is 5.11 Å². The van der Waals surface area contributed by atoms with E-state index < -0.39 is 5.97 Å². The van der Waals surface area contributed by atoms with Crippen LogP contribution in [-0.4, -0.2) is 11.1 Å². The highest BCUT2D eigenvalue weighted by Gasteiger charge is 2.08. The van der Waals surface area contributed by atoms with Gasteiger partial charge in [0.15, 0.2) is 0 Å². The standard InChI is InChI=1S/C20H38O2/c1-20(2,3)18-16-14-12-10-8-6-4-5-7-9-11-13-15-17-19(21)22/h4,6H,5,7-18H2,1-3H3,(H,21,22)/b6-4-. The summed E-state index contributed by atoms with van der Waals surface area (Å²) >= 11 is 0. The van der Waals surface area contributed by atoms with Crippen molar-refractivity contribution in [3.63, 3.8) is 0 Å². The molecule has 130 valence electrons. The van der Waals surface area contributed by atoms with E-state index in [1.54, 1.807) is 0 Å². The first-order valence-electron chi connectivity index (χ1n) is 9.28. The lowest BCUT2D eigenvalue weighted by Crippen LogP contribution is -2.03. The molecule has 22 heavy (non-hydrogen) atoms. The van der Waals surface area contributed by atoms with Crippen LogP contribution >= 0.6 is 0 Å². The Bertz CT molecular complexity index is 287. The van der Waals surface area contributed by atoms with Crippen LogP contribution in [0.15, 0.2) is 12.2 Å². The zero-order valence-corrected chi connectivity index (χ0v) is 15.2. The van der Waals surface area contributed by atoms with Gasteiger partial charge in [0.1, 0.15) is 0 Å². The molecule has 0 saturated carbocycles. The number of hydrogen-bond acceptors (Lipinski definition) is 1. The van der Waals surface area contributed by atoms with Crippen LogP contribution in [-0.2, 0) is 4.79 Å². The summed E-state index contributed by atoms with van der Waals surface area (Å²) in [6, 6.07) is 0. The van der Waals surface area contributed by atoms with E-state index in [0.29, 0.717) is 11.8 Å². The molecule has 0 aromatic carbocycles. The largest absolute Gasteiger partial charge is 0.481 e. The Kier molecular flexibility index (Phi) is 13.3. The monoisotopic (exact) mass is 310 g/mol. The van der Waals surface area contributed by atoms with E-state index in [0.717, 1.165) is 12.8 Å². The Morgan fingerprint density at radius 3 is 1.73 bits per heavy atom. The van der Waals surface area contributed by atoms with E-state index in [9.17, 15) is 4.79 Å². The summed E-state index contributed by atoms with van der Waals surface area (Å²) in [5.74, 6) is -0.665. The van der Waals surface area contributed by atoms with Crippen molar-refractivity contribution in [3.05, 3.63) is 12.2 Å². The minimum atomic E-state index is -0.665. The number of aliphatic carboxylic acids is 1. The predicted octanol–water partition coefficient (Wildman–Crippen LogP) is 6.74. The number of carboxylic acids is 1. The Balaban J connectivity index is 3.17. The minimum Gasteiger partial charge on any atom is -0.481 e. The first kappa shape index (κ1) is 21.2. The van der Waals surface area contributed by atoms with Crippen LogP contribution in [0.25, 0.3) is 0 Å². The molecule has 0 aromatic rings. The SMILES string of the molecule is CC(C)(C)CCCCCC/C=C\CCCCCCCC(=O)O. The quantitative estimate of drug-likeness (QED) is 0.285. The topological polar surface area (TPSA) is 37.3 Å². The lowest BCUT2D eigenvalue weighted by molar-refractivity contribution is -0.137. The number of carboxylic acid groups (broad SMARTS) is 1. The second-order valence-corrected chi connectivity index (χ2v) is 7.69. The van der Waals surface area contributed by atoms with E-state index in [4.69, 9.17) is 5.11 Å². The summed E-state index contributed by atoms with van der Waals surface area (Å²) in [4.78, 5) is 10.4. The fourth-order valence-corrected chi connectivity index (χ4v) is 2.58. The fraction of sp³-hybridized carbons (Fsp3) is 0.850. The van der Waals surface area contributed by atoms with Gasteiger partial charge in [-0.2, -0.15) is 0 Å². The van der Waals surface area contributed by atoms with Gasteiger partial charge in [0, 0.05) is 6.42 Å². The lowest BCUT2D eigenvalue weighted by atomic mass is 9.89. The third-order valence-corrected chi connectivity index (χ3v) is 3.98. The average molecular weight is 311 g/mol. The molecule has 0 aromatic heterocycles. The summed E-state index contributed by atoms with van der Waals surface area (Å²) in [5.41, 5.74) is 0.494. The minimum absolute atomic E-state index is 0.329. The van der Waals surface area contributed by atoms with Gasteiger partial charge in [0.25, 0.3) is 0 Å². The number of hydrogen-bond donors (Lipinski definition) is 1. The summed E-state index contributed by atoms with van der Waals surface area (Å²) in [6.45, 7) is 6.96. The third-order valence-electron chi connectivity index (χ3n) is 3.98. The molecule has 2 nitrogen and oxygen atoms in total. The van der Waals surface area contributed by atoms with Crippen molar-refractivity contribution < 1.29 is 9.90 Å². The van der Waals surface area contributed by atoms with Crippen molar-refractivity contribution >= 4 is 5.97 Å². The molecule has 0 fully saturated rings. The van der Waals surface area contributed by atoms with E-state index in [2.05, 4.69) is 32.9 Å². The lowest BCUT2D eigenvalue weighted by Gasteiger charge is -2.17. The van der Waals surface area contributed by atoms with Crippen LogP contribution < -0.4 is 0 Å². The molecule has 0 saturated heterocycles. The van der Waals surface area contributed by atoms with Crippen LogP contribution in [0.5, 0.6) is 0 Å². The maximum atomic E-state index is 10.4. The normalized spacial score (nSPS) is 12.1. The molecule has 0 spiro atoms. The van der Waals surface area contributed by atoms with Crippen molar-refractivity contribution in [1.82, 2.24) is 0 Å². The molecule has 0 radical (unpaired) electrons. The van der Waals surface area contributed by atoms with Crippen molar-refractivity contribution in [1.29, 1.82) is 0 Å². The molecule has 0 bridgehead atoms. The number of rotatable bonds is 14. The van der Waals surface area contributed by atoms with Gasteiger partial charge in [0.05, 0.1) is 0 Å². The van der Waals surface area contributed by atoms with Crippen molar-refractivity contribution in [2.24, 2.45) is 5.41 Å². The summed E-state index contributed by atoms with van der Waals surface area (Å²) in [5, 5.41) is 8.53. The first-order valence-corrected chi connectivity index (χ1v) is 9.28. The van der Waals surface area contributed by atoms with Gasteiger partial charge in [-0.05, 0) is 43.9 Å². The van der Waals surface area contributed by atoms with Crippen molar-refractivity contribution in [2.45, 2.75) is 104 Å². The molecule has 0 aliphatic heterocycles. The van der Waals surface area contributed by atoms with Crippen LogP contribution in [0, 0.1) is 5.41 Å². The Morgan fingerprint density at radius 1 is 0.773 bits per heavy atom. The van der Waals surface area contributed by atoms with Gasteiger partial charge in [-0.25, -0.2) is 0 Å². The van der Waals surface area contributed by atoms with Gasteiger partial charge in [0.2, 0.25) is 0 Å². The average Bonchev–Trinajstić information content (AvgIpc) is 2.41. The Labute approximate surface area is 138 Å². The zero-order chi connectivity index (χ0) is 16.7. The van der Waals surface area contributed by atoms with Crippen LogP contribution in [0.3, 0.4) is 0 Å². The number of allylic oxidation sites excluding steroid dienone is 2. The van der Waals surface area contributed by atoms with Gasteiger partial charge in [-0.1, -0.05) is 71.4 Å². The second kappa shape index (κ2) is 13.8. The highest BCUT2D eigenvalue weighted by atomic mass is 16.4. The van der Waals surface area contributed by atoms with E-state index in [1.807, 2.05) is 0 Å². The third kappa shape index (κ3) is 19.2. The Morgan fingerprint density at radius 2 is 1.23 bits per heavy atom. The van der Waals surface area contributed by atoms with Gasteiger partial charge >= 0.3 is 5.97 Å². The number of carbonyl (C=O) groups is 1. The maximum absolute atomic E-state index is 10.4. The maximum Gasteiger partial charge on any atom is 0.303 e. The molecule has 1 N–H and O–H groups in total. The molecular formula is C20H38O2. The molecule has 0 atom stereocenters. The Hall–Kier alpha value is -0.790. The number of unbranched alkanes of at least 4 members (excludes halogenated alkanes) is 9. The fourth-order valence-electron chi connectivity index (χ4n) is 2.58. The summed E-state index contributed by atoms with van der Waals surface area (Å²) < 4.78 is 0. The van der Waals surface area contributed by atoms with Crippen LogP contribution in [0.1, 0.15) is 104 Å². The highest BCUT2D eigenvalue weighted by molar-refractivity contribution is 5.66. The molecule has 0 amide bonds. The van der Waals surface area contributed by atoms with Crippen molar-refractivity contribution in [3.8, 4) is 0 Å².